The summed E-state index contributed by atoms with van der Waals surface area (Å²) in [6.07, 6.45) is 2.59. The van der Waals surface area contributed by atoms with E-state index in [1.165, 1.54) is 42.3 Å². The summed E-state index contributed by atoms with van der Waals surface area (Å²) in [5.74, 6) is 0.903. The predicted molar refractivity (Wildman–Crippen MR) is 83.1 cm³/mol. The molecule has 0 spiro atoms. The lowest BCUT2D eigenvalue weighted by Crippen LogP contribution is -2.31. The number of nitrogens with zero attached hydrogens (tertiary/aromatic N) is 1. The zero-order valence-corrected chi connectivity index (χ0v) is 12.0. The molecule has 1 heterocycles. The van der Waals surface area contributed by atoms with Crippen LogP contribution in [0, 0.1) is 0 Å². The fourth-order valence-corrected chi connectivity index (χ4v) is 3.13. The van der Waals surface area contributed by atoms with Crippen molar-refractivity contribution >= 4 is 10.8 Å². The topological polar surface area (TPSA) is 38.5 Å². The first-order valence-corrected chi connectivity index (χ1v) is 7.33. The third kappa shape index (κ3) is 2.51. The Morgan fingerprint density at radius 2 is 1.80 bits per heavy atom. The van der Waals surface area contributed by atoms with Gasteiger partial charge in [0, 0.05) is 12.6 Å². The molecule has 3 heteroatoms. The summed E-state index contributed by atoms with van der Waals surface area (Å²) < 4.78 is 5.27. The highest BCUT2D eigenvalue weighted by molar-refractivity contribution is 5.84. The fraction of sp³-hybridized carbons (Fsp3) is 0.412. The van der Waals surface area contributed by atoms with Gasteiger partial charge in [-0.15, -0.1) is 0 Å². The molecule has 0 radical (unpaired) electrons. The Hall–Kier alpha value is -1.58. The monoisotopic (exact) mass is 270 g/mol. The average Bonchev–Trinajstić information content (AvgIpc) is 3.01. The van der Waals surface area contributed by atoms with E-state index in [1.54, 1.807) is 7.11 Å². The molecule has 1 aliphatic rings. The summed E-state index contributed by atoms with van der Waals surface area (Å²) in [7, 11) is 1.70. The van der Waals surface area contributed by atoms with Crippen LogP contribution >= 0.6 is 0 Å². The SMILES string of the molecule is COc1ccc2cc(C(CN)N3CCCC3)ccc2c1. The first kappa shape index (κ1) is 13.4. The molecule has 3 rings (SSSR count). The van der Waals surface area contributed by atoms with Crippen molar-refractivity contribution in [2.24, 2.45) is 5.73 Å². The highest BCUT2D eigenvalue weighted by Gasteiger charge is 2.22. The summed E-state index contributed by atoms with van der Waals surface area (Å²) in [4.78, 5) is 2.50. The van der Waals surface area contributed by atoms with Crippen molar-refractivity contribution in [1.29, 1.82) is 0 Å². The van der Waals surface area contributed by atoms with Crippen molar-refractivity contribution in [3.63, 3.8) is 0 Å². The Balaban J connectivity index is 1.94. The van der Waals surface area contributed by atoms with E-state index in [0.717, 1.165) is 5.75 Å². The van der Waals surface area contributed by atoms with E-state index in [4.69, 9.17) is 10.5 Å². The summed E-state index contributed by atoms with van der Waals surface area (Å²) >= 11 is 0. The molecule has 2 aromatic rings. The van der Waals surface area contributed by atoms with Gasteiger partial charge in [0.2, 0.25) is 0 Å². The first-order valence-electron chi connectivity index (χ1n) is 7.33. The van der Waals surface area contributed by atoms with E-state index < -0.39 is 0 Å². The number of hydrogen-bond acceptors (Lipinski definition) is 3. The fourth-order valence-electron chi connectivity index (χ4n) is 3.13. The van der Waals surface area contributed by atoms with Crippen LogP contribution in [0.1, 0.15) is 24.4 Å². The summed E-state index contributed by atoms with van der Waals surface area (Å²) in [6.45, 7) is 3.02. The number of benzene rings is 2. The number of hydrogen-bond donors (Lipinski definition) is 1. The molecule has 0 aliphatic carbocycles. The minimum atomic E-state index is 0.351. The van der Waals surface area contributed by atoms with Gasteiger partial charge in [-0.2, -0.15) is 0 Å². The quantitative estimate of drug-likeness (QED) is 0.928. The first-order chi connectivity index (χ1) is 9.81. The molecule has 2 aromatic carbocycles. The summed E-state index contributed by atoms with van der Waals surface area (Å²) in [6, 6.07) is 13.2. The Kier molecular flexibility index (Phi) is 3.90. The maximum absolute atomic E-state index is 6.01. The van der Waals surface area contributed by atoms with Gasteiger partial charge in [0.25, 0.3) is 0 Å². The third-order valence-electron chi connectivity index (χ3n) is 4.26. The van der Waals surface area contributed by atoms with E-state index in [-0.39, 0.29) is 0 Å². The van der Waals surface area contributed by atoms with Crippen LogP contribution in [0.25, 0.3) is 10.8 Å². The maximum Gasteiger partial charge on any atom is 0.119 e. The van der Waals surface area contributed by atoms with Crippen LogP contribution in [0.2, 0.25) is 0 Å². The molecule has 1 atom stereocenters. The molecule has 1 unspecified atom stereocenters. The van der Waals surface area contributed by atoms with Crippen LogP contribution in [0.4, 0.5) is 0 Å². The molecular weight excluding hydrogens is 248 g/mol. The second-order valence-corrected chi connectivity index (χ2v) is 5.47. The Morgan fingerprint density at radius 1 is 1.10 bits per heavy atom. The van der Waals surface area contributed by atoms with E-state index in [2.05, 4.69) is 35.2 Å². The maximum atomic E-state index is 6.01. The van der Waals surface area contributed by atoms with Gasteiger partial charge in [-0.1, -0.05) is 18.2 Å². The normalized spacial score (nSPS) is 17.5. The number of likely N-dealkylation sites (tertiary alicyclic amines) is 1. The van der Waals surface area contributed by atoms with Gasteiger partial charge in [-0.3, -0.25) is 4.90 Å². The van der Waals surface area contributed by atoms with Crippen LogP contribution in [-0.2, 0) is 0 Å². The number of methoxy groups -OCH3 is 1. The van der Waals surface area contributed by atoms with Crippen LogP contribution < -0.4 is 10.5 Å². The third-order valence-corrected chi connectivity index (χ3v) is 4.26. The van der Waals surface area contributed by atoms with Gasteiger partial charge in [0.05, 0.1) is 7.11 Å². The van der Waals surface area contributed by atoms with Gasteiger partial charge in [0.1, 0.15) is 5.75 Å². The van der Waals surface area contributed by atoms with Crippen molar-refractivity contribution in [1.82, 2.24) is 4.90 Å². The molecule has 0 saturated carbocycles. The van der Waals surface area contributed by atoms with Crippen molar-refractivity contribution in [2.75, 3.05) is 26.7 Å². The van der Waals surface area contributed by atoms with Crippen LogP contribution in [0.5, 0.6) is 5.75 Å². The van der Waals surface area contributed by atoms with Gasteiger partial charge >= 0.3 is 0 Å². The molecular formula is C17H22N2O. The smallest absolute Gasteiger partial charge is 0.119 e. The molecule has 2 N–H and O–H groups in total. The van der Waals surface area contributed by atoms with E-state index in [9.17, 15) is 0 Å². The second-order valence-electron chi connectivity index (χ2n) is 5.47. The highest BCUT2D eigenvalue weighted by atomic mass is 16.5. The largest absolute Gasteiger partial charge is 0.497 e. The minimum absolute atomic E-state index is 0.351. The van der Waals surface area contributed by atoms with E-state index in [0.29, 0.717) is 12.6 Å². The predicted octanol–water partition coefficient (Wildman–Crippen LogP) is 2.94. The van der Waals surface area contributed by atoms with Crippen molar-refractivity contribution < 1.29 is 4.74 Å². The van der Waals surface area contributed by atoms with E-state index in [1.807, 2.05) is 6.07 Å². The summed E-state index contributed by atoms with van der Waals surface area (Å²) in [5.41, 5.74) is 7.34. The van der Waals surface area contributed by atoms with Crippen molar-refractivity contribution in [2.45, 2.75) is 18.9 Å². The average molecular weight is 270 g/mol. The molecule has 1 saturated heterocycles. The van der Waals surface area contributed by atoms with Gasteiger partial charge in [0.15, 0.2) is 0 Å². The standard InChI is InChI=1S/C17H22N2O/c1-20-16-7-6-13-10-15(5-4-14(13)11-16)17(12-18)19-8-2-3-9-19/h4-7,10-11,17H,2-3,8-9,12,18H2,1H3. The number of fused-ring (bicyclic) bond motifs is 1. The van der Waals surface area contributed by atoms with E-state index >= 15 is 0 Å². The lowest BCUT2D eigenvalue weighted by atomic mass is 10.0. The van der Waals surface area contributed by atoms with Crippen molar-refractivity contribution in [3.05, 3.63) is 42.0 Å². The molecule has 1 aliphatic heterocycles. The van der Waals surface area contributed by atoms with Crippen LogP contribution in [0.3, 0.4) is 0 Å². The molecule has 3 nitrogen and oxygen atoms in total. The second kappa shape index (κ2) is 5.81. The number of rotatable bonds is 4. The molecule has 0 amide bonds. The van der Waals surface area contributed by atoms with Crippen LogP contribution in [-0.4, -0.2) is 31.6 Å². The van der Waals surface area contributed by atoms with Crippen molar-refractivity contribution in [3.8, 4) is 5.75 Å². The molecule has 20 heavy (non-hydrogen) atoms. The van der Waals surface area contributed by atoms with Gasteiger partial charge in [-0.05, 0) is 60.5 Å². The minimum Gasteiger partial charge on any atom is -0.497 e. The molecule has 1 fully saturated rings. The highest BCUT2D eigenvalue weighted by Crippen LogP contribution is 2.28. The number of nitrogens with two attached hydrogens (primary N) is 1. The summed E-state index contributed by atoms with van der Waals surface area (Å²) in [5, 5.41) is 2.46. The Morgan fingerprint density at radius 3 is 2.50 bits per heavy atom. The van der Waals surface area contributed by atoms with Gasteiger partial charge in [-0.25, -0.2) is 0 Å². The Bertz CT molecular complexity index is 591. The van der Waals surface area contributed by atoms with Gasteiger partial charge < -0.3 is 10.5 Å². The molecule has 0 aromatic heterocycles. The number of ether oxygens (including phenoxy) is 1. The lowest BCUT2D eigenvalue weighted by molar-refractivity contribution is 0.251. The zero-order chi connectivity index (χ0) is 13.9. The van der Waals surface area contributed by atoms with Crippen LogP contribution in [0.15, 0.2) is 36.4 Å². The Labute approximate surface area is 120 Å². The zero-order valence-electron chi connectivity index (χ0n) is 12.0. The lowest BCUT2D eigenvalue weighted by Gasteiger charge is -2.26. The molecule has 0 bridgehead atoms. The molecule has 106 valence electrons.